The number of anilines is 1. The Balaban J connectivity index is 1.51. The molecule has 3 aromatic rings. The molecule has 1 amide bonds. The summed E-state index contributed by atoms with van der Waals surface area (Å²) in [6, 6.07) is 15.4. The number of nitrogens with zero attached hydrogens (tertiary/aromatic N) is 1. The zero-order valence-corrected chi connectivity index (χ0v) is 16.0. The molecule has 3 aliphatic rings. The molecule has 1 atom stereocenters. The number of amides is 1. The van der Waals surface area contributed by atoms with Gasteiger partial charge in [-0.15, -0.1) is 0 Å². The first kappa shape index (κ1) is 17.4. The summed E-state index contributed by atoms with van der Waals surface area (Å²) in [6.45, 7) is 0.731. The second-order valence-electron chi connectivity index (χ2n) is 7.87. The van der Waals surface area contributed by atoms with Gasteiger partial charge in [-0.25, -0.2) is 8.78 Å². The van der Waals surface area contributed by atoms with E-state index in [9.17, 15) is 13.6 Å². The lowest BCUT2D eigenvalue weighted by Gasteiger charge is -2.23. The first-order valence-electron chi connectivity index (χ1n) is 9.87. The van der Waals surface area contributed by atoms with Crippen LogP contribution in [0.25, 0.3) is 0 Å². The molecule has 0 fully saturated rings. The van der Waals surface area contributed by atoms with Crippen LogP contribution in [0.5, 0.6) is 11.5 Å². The van der Waals surface area contributed by atoms with E-state index in [1.807, 2.05) is 36.4 Å². The minimum atomic E-state index is -0.993. The number of carbonyl (C=O) groups is 1. The molecule has 3 aliphatic heterocycles. The van der Waals surface area contributed by atoms with Crippen LogP contribution in [-0.4, -0.2) is 19.1 Å². The highest BCUT2D eigenvalue weighted by Gasteiger charge is 2.57. The Hall–Kier alpha value is -3.41. The Bertz CT molecular complexity index is 1230. The number of hydrogen-bond acceptors (Lipinski definition) is 3. The third-order valence-electron chi connectivity index (χ3n) is 6.32. The van der Waals surface area contributed by atoms with E-state index >= 15 is 0 Å². The van der Waals surface area contributed by atoms with Crippen LogP contribution < -0.4 is 14.4 Å². The Kier molecular flexibility index (Phi) is 3.52. The Morgan fingerprint density at radius 1 is 0.967 bits per heavy atom. The molecule has 1 unspecified atom stereocenters. The predicted molar refractivity (Wildman–Crippen MR) is 106 cm³/mol. The van der Waals surface area contributed by atoms with Gasteiger partial charge < -0.3 is 14.4 Å². The lowest BCUT2D eigenvalue weighted by molar-refractivity contribution is -0.122. The average Bonchev–Trinajstić information content (AvgIpc) is 3.42. The number of carbonyl (C=O) groups excluding carboxylic acids is 1. The molecular weight excluding hydrogens is 388 g/mol. The van der Waals surface area contributed by atoms with Gasteiger partial charge >= 0.3 is 0 Å². The fraction of sp³-hybridized carbons (Fsp3) is 0.208. The maximum Gasteiger partial charge on any atom is 0.246 e. The van der Waals surface area contributed by atoms with E-state index in [-0.39, 0.29) is 24.6 Å². The van der Waals surface area contributed by atoms with Crippen molar-refractivity contribution in [2.45, 2.75) is 18.4 Å². The highest BCUT2D eigenvalue weighted by atomic mass is 19.2. The van der Waals surface area contributed by atoms with Gasteiger partial charge in [-0.3, -0.25) is 4.79 Å². The molecule has 0 aliphatic carbocycles. The quantitative estimate of drug-likeness (QED) is 0.644. The Labute approximate surface area is 171 Å². The number of ether oxygens (including phenoxy) is 2. The molecule has 0 N–H and O–H groups in total. The normalized spacial score (nSPS) is 20.7. The fourth-order valence-electron chi connectivity index (χ4n) is 4.85. The lowest BCUT2D eigenvalue weighted by Crippen LogP contribution is -2.42. The molecule has 0 bridgehead atoms. The van der Waals surface area contributed by atoms with Gasteiger partial charge in [-0.1, -0.05) is 30.3 Å². The summed E-state index contributed by atoms with van der Waals surface area (Å²) >= 11 is 0. The smallest absolute Gasteiger partial charge is 0.246 e. The number of fused-ring (bicyclic) bond motifs is 5. The maximum atomic E-state index is 14.4. The molecule has 6 heteroatoms. The van der Waals surface area contributed by atoms with Crippen LogP contribution >= 0.6 is 0 Å². The van der Waals surface area contributed by atoms with Crippen LogP contribution in [0.2, 0.25) is 0 Å². The summed E-state index contributed by atoms with van der Waals surface area (Å²) in [6.07, 6.45) is 0.784. The highest BCUT2D eigenvalue weighted by Crippen LogP contribution is 2.54. The van der Waals surface area contributed by atoms with Crippen molar-refractivity contribution in [1.82, 2.24) is 0 Å². The number of halogens is 2. The van der Waals surface area contributed by atoms with Gasteiger partial charge in [0.15, 0.2) is 11.6 Å². The minimum absolute atomic E-state index is 0.0510. The van der Waals surface area contributed by atoms with Gasteiger partial charge in [0, 0.05) is 29.3 Å². The van der Waals surface area contributed by atoms with Gasteiger partial charge in [0.05, 0.1) is 13.2 Å². The molecule has 0 aromatic heterocycles. The monoisotopic (exact) mass is 405 g/mol. The Morgan fingerprint density at radius 2 is 1.83 bits per heavy atom. The standard InChI is InChI=1S/C24H17F2NO3/c25-18-6-3-4-15(22(18)26)12-27-19-7-2-1-5-16(19)24(23(27)28)13-30-21-11-20-14(8-9-29-20)10-17(21)24/h1-7,10-11H,8-9,12-13H2. The Morgan fingerprint density at radius 3 is 2.73 bits per heavy atom. The predicted octanol–water partition coefficient (Wildman–Crippen LogP) is 4.13. The van der Waals surface area contributed by atoms with E-state index in [0.29, 0.717) is 18.0 Å². The number of para-hydroxylation sites is 1. The minimum Gasteiger partial charge on any atom is -0.493 e. The van der Waals surface area contributed by atoms with Crippen molar-refractivity contribution in [3.05, 3.63) is 88.5 Å². The third kappa shape index (κ3) is 2.16. The SMILES string of the molecule is O=C1N(Cc2cccc(F)c2F)c2ccccc2C12COc1cc3c(cc12)CCO3. The molecular formula is C24H17F2NO3. The summed E-state index contributed by atoms with van der Waals surface area (Å²) in [7, 11) is 0. The number of hydrogen-bond donors (Lipinski definition) is 0. The van der Waals surface area contributed by atoms with E-state index < -0.39 is 17.0 Å². The summed E-state index contributed by atoms with van der Waals surface area (Å²) in [5.74, 6) is -0.611. The summed E-state index contributed by atoms with van der Waals surface area (Å²) < 4.78 is 39.7. The zero-order valence-electron chi connectivity index (χ0n) is 16.0. The van der Waals surface area contributed by atoms with Crippen LogP contribution in [0.4, 0.5) is 14.5 Å². The first-order chi connectivity index (χ1) is 14.6. The molecule has 3 aromatic carbocycles. The van der Waals surface area contributed by atoms with Crippen LogP contribution in [0, 0.1) is 11.6 Å². The van der Waals surface area contributed by atoms with E-state index in [4.69, 9.17) is 9.47 Å². The molecule has 0 saturated heterocycles. The molecule has 30 heavy (non-hydrogen) atoms. The molecule has 3 heterocycles. The van der Waals surface area contributed by atoms with Crippen LogP contribution in [0.1, 0.15) is 22.3 Å². The zero-order chi connectivity index (χ0) is 20.5. The van der Waals surface area contributed by atoms with E-state index in [1.54, 1.807) is 0 Å². The van der Waals surface area contributed by atoms with Crippen LogP contribution in [-0.2, 0) is 23.2 Å². The highest BCUT2D eigenvalue weighted by molar-refractivity contribution is 6.11. The summed E-state index contributed by atoms with van der Waals surface area (Å²) in [5, 5.41) is 0. The van der Waals surface area contributed by atoms with Crippen molar-refractivity contribution in [2.24, 2.45) is 0 Å². The van der Waals surface area contributed by atoms with Crippen LogP contribution in [0.3, 0.4) is 0 Å². The van der Waals surface area contributed by atoms with Gasteiger partial charge in [0.2, 0.25) is 5.91 Å². The van der Waals surface area contributed by atoms with Gasteiger partial charge in [-0.05, 0) is 29.3 Å². The fourth-order valence-corrected chi connectivity index (χ4v) is 4.85. The number of benzene rings is 3. The van der Waals surface area contributed by atoms with Crippen LogP contribution in [0.15, 0.2) is 54.6 Å². The van der Waals surface area contributed by atoms with Gasteiger partial charge in [0.1, 0.15) is 23.5 Å². The summed E-state index contributed by atoms with van der Waals surface area (Å²) in [4.78, 5) is 15.4. The number of rotatable bonds is 2. The molecule has 0 saturated carbocycles. The molecule has 0 radical (unpaired) electrons. The van der Waals surface area contributed by atoms with Crippen molar-refractivity contribution in [1.29, 1.82) is 0 Å². The van der Waals surface area contributed by atoms with Gasteiger partial charge in [-0.2, -0.15) is 0 Å². The summed E-state index contributed by atoms with van der Waals surface area (Å²) in [5.41, 5.74) is 2.53. The topological polar surface area (TPSA) is 38.8 Å². The first-order valence-corrected chi connectivity index (χ1v) is 9.87. The van der Waals surface area contributed by atoms with Crippen molar-refractivity contribution >= 4 is 11.6 Å². The van der Waals surface area contributed by atoms with E-state index in [1.165, 1.54) is 17.0 Å². The van der Waals surface area contributed by atoms with E-state index in [0.717, 1.165) is 34.9 Å². The third-order valence-corrected chi connectivity index (χ3v) is 6.32. The largest absolute Gasteiger partial charge is 0.493 e. The lowest BCUT2D eigenvalue weighted by atomic mass is 9.76. The van der Waals surface area contributed by atoms with Crippen molar-refractivity contribution in [2.75, 3.05) is 18.1 Å². The molecule has 4 nitrogen and oxygen atoms in total. The van der Waals surface area contributed by atoms with Gasteiger partial charge in [0.25, 0.3) is 0 Å². The molecule has 150 valence electrons. The molecule has 6 rings (SSSR count). The molecule has 1 spiro atoms. The van der Waals surface area contributed by atoms with Crippen molar-refractivity contribution in [3.63, 3.8) is 0 Å². The average molecular weight is 405 g/mol. The van der Waals surface area contributed by atoms with Crippen molar-refractivity contribution < 1.29 is 23.0 Å². The second kappa shape index (κ2) is 6.05. The maximum absolute atomic E-state index is 14.4. The second-order valence-corrected chi connectivity index (χ2v) is 7.87. The van der Waals surface area contributed by atoms with Crippen molar-refractivity contribution in [3.8, 4) is 11.5 Å². The van der Waals surface area contributed by atoms with E-state index in [2.05, 4.69) is 0 Å².